The fourth-order valence-electron chi connectivity index (χ4n) is 3.15. The molecule has 1 aromatic heterocycles. The van der Waals surface area contributed by atoms with E-state index in [-0.39, 0.29) is 11.7 Å². The zero-order valence-corrected chi connectivity index (χ0v) is 16.8. The molecule has 1 aliphatic heterocycles. The van der Waals surface area contributed by atoms with Crippen LogP contribution in [0.25, 0.3) is 0 Å². The summed E-state index contributed by atoms with van der Waals surface area (Å²) in [7, 11) is -2.38. The van der Waals surface area contributed by atoms with Crippen molar-refractivity contribution in [2.45, 2.75) is 25.4 Å². The fraction of sp³-hybridized carbons (Fsp3) is 0.444. The van der Waals surface area contributed by atoms with Gasteiger partial charge in [-0.05, 0) is 25.5 Å². The van der Waals surface area contributed by atoms with Gasteiger partial charge < -0.3 is 19.8 Å². The van der Waals surface area contributed by atoms with Gasteiger partial charge in [-0.2, -0.15) is 0 Å². The Morgan fingerprint density at radius 1 is 1.29 bits per heavy atom. The second-order valence-electron chi connectivity index (χ2n) is 7.33. The Kier molecular flexibility index (Phi) is 5.67. The molecule has 2 heterocycles. The van der Waals surface area contributed by atoms with Gasteiger partial charge in [0.15, 0.2) is 12.3 Å². The third kappa shape index (κ3) is 4.48. The van der Waals surface area contributed by atoms with Gasteiger partial charge in [0, 0.05) is 12.1 Å². The van der Waals surface area contributed by atoms with Crippen LogP contribution in [0.3, 0.4) is 0 Å². The molecule has 0 radical (unpaired) electrons. The van der Waals surface area contributed by atoms with E-state index in [1.165, 1.54) is 11.0 Å². The van der Waals surface area contributed by atoms with Gasteiger partial charge in [0.25, 0.3) is 5.91 Å². The van der Waals surface area contributed by atoms with Gasteiger partial charge in [-0.1, -0.05) is 25.1 Å². The number of hydrogen-bond acceptors (Lipinski definition) is 7. The Hall–Kier alpha value is -2.51. The fourth-order valence-corrected chi connectivity index (χ4v) is 4.43. The van der Waals surface area contributed by atoms with Gasteiger partial charge in [-0.25, -0.2) is 14.5 Å². The van der Waals surface area contributed by atoms with E-state index >= 15 is 0 Å². The largest absolute Gasteiger partial charge is 0.453 e. The molecular weight excluding hydrogens is 383 g/mol. The monoisotopic (exact) mass is 406 g/mol. The topological polar surface area (TPSA) is 126 Å². The Morgan fingerprint density at radius 3 is 2.54 bits per heavy atom. The molecule has 1 aliphatic rings. The molecule has 10 heteroatoms. The van der Waals surface area contributed by atoms with Crippen LogP contribution in [0.5, 0.6) is 0 Å². The van der Waals surface area contributed by atoms with E-state index in [1.54, 1.807) is 43.7 Å². The predicted octanol–water partition coefficient (Wildman–Crippen LogP) is 1.76. The van der Waals surface area contributed by atoms with Crippen LogP contribution in [0.4, 0.5) is 0 Å². The minimum absolute atomic E-state index is 0.163. The van der Waals surface area contributed by atoms with Crippen LogP contribution in [0, 0.1) is 5.92 Å². The molecule has 2 aromatic rings. The highest BCUT2D eigenvalue weighted by Gasteiger charge is 2.47. The van der Waals surface area contributed by atoms with Crippen LogP contribution in [-0.4, -0.2) is 58.3 Å². The number of ether oxygens (including phenoxy) is 2. The lowest BCUT2D eigenvalue weighted by Gasteiger charge is -2.21. The minimum Gasteiger partial charge on any atom is -0.453 e. The summed E-state index contributed by atoms with van der Waals surface area (Å²) >= 11 is 0. The number of hydrogen-bond donors (Lipinski definition) is 1. The summed E-state index contributed by atoms with van der Waals surface area (Å²) in [5.74, 6) is -1.68. The van der Waals surface area contributed by atoms with Crippen LogP contribution in [-0.2, 0) is 14.0 Å². The van der Waals surface area contributed by atoms with E-state index in [1.807, 2.05) is 6.92 Å². The normalized spacial score (nSPS) is 24.8. The molecule has 2 N–H and O–H groups in total. The predicted molar refractivity (Wildman–Crippen MR) is 102 cm³/mol. The van der Waals surface area contributed by atoms with Crippen molar-refractivity contribution in [1.29, 1.82) is 0 Å². The first-order valence-corrected chi connectivity index (χ1v) is 11.6. The summed E-state index contributed by atoms with van der Waals surface area (Å²) in [4.78, 5) is 27.7. The molecule has 1 amide bonds. The van der Waals surface area contributed by atoms with Gasteiger partial charge in [-0.15, -0.1) is 5.10 Å². The van der Waals surface area contributed by atoms with Crippen molar-refractivity contribution in [3.8, 4) is 0 Å². The first-order chi connectivity index (χ1) is 13.2. The van der Waals surface area contributed by atoms with Crippen LogP contribution >= 0.6 is 7.14 Å². The van der Waals surface area contributed by atoms with Gasteiger partial charge >= 0.3 is 5.97 Å². The number of carbonyl (C=O) groups excluding carboxylic acids is 2. The van der Waals surface area contributed by atoms with Crippen molar-refractivity contribution in [2.75, 3.05) is 19.5 Å². The first-order valence-electron chi connectivity index (χ1n) is 8.82. The third-order valence-electron chi connectivity index (χ3n) is 4.56. The molecule has 4 atom stereocenters. The summed E-state index contributed by atoms with van der Waals surface area (Å²) in [6, 6.07) is 8.60. The van der Waals surface area contributed by atoms with Crippen molar-refractivity contribution in [3.05, 3.63) is 48.0 Å². The molecule has 0 saturated carbocycles. The summed E-state index contributed by atoms with van der Waals surface area (Å²) in [5, 5.41) is 4.03. The quantitative estimate of drug-likeness (QED) is 0.572. The van der Waals surface area contributed by atoms with Crippen LogP contribution in [0.1, 0.15) is 34.1 Å². The third-order valence-corrected chi connectivity index (χ3v) is 5.80. The summed E-state index contributed by atoms with van der Waals surface area (Å²) in [6.07, 6.45) is -0.269. The average Bonchev–Trinajstić information content (AvgIpc) is 3.22. The number of primary amides is 1. The molecule has 0 aliphatic carbocycles. The Bertz CT molecular complexity index is 910. The van der Waals surface area contributed by atoms with E-state index < -0.39 is 37.5 Å². The number of rotatable bonds is 6. The number of esters is 1. The number of aromatic nitrogens is 3. The highest BCUT2D eigenvalue weighted by Crippen LogP contribution is 2.44. The Labute approximate surface area is 162 Å². The smallest absolute Gasteiger partial charge is 0.338 e. The van der Waals surface area contributed by atoms with Crippen molar-refractivity contribution < 1.29 is 23.6 Å². The molecule has 9 nitrogen and oxygen atoms in total. The van der Waals surface area contributed by atoms with E-state index in [2.05, 4.69) is 10.1 Å². The maximum absolute atomic E-state index is 12.6. The van der Waals surface area contributed by atoms with E-state index in [4.69, 9.17) is 15.2 Å². The van der Waals surface area contributed by atoms with E-state index in [0.717, 1.165) is 0 Å². The Morgan fingerprint density at radius 2 is 1.96 bits per heavy atom. The summed E-state index contributed by atoms with van der Waals surface area (Å²) in [5.41, 5.74) is 5.62. The lowest BCUT2D eigenvalue weighted by molar-refractivity contribution is -0.0508. The molecule has 1 aromatic carbocycles. The number of benzene rings is 1. The molecular formula is C18H23N4O5P. The Balaban J connectivity index is 1.88. The highest BCUT2D eigenvalue weighted by atomic mass is 31.2. The van der Waals surface area contributed by atoms with Gasteiger partial charge in [-0.3, -0.25) is 4.79 Å². The van der Waals surface area contributed by atoms with Crippen LogP contribution in [0.15, 0.2) is 36.7 Å². The zero-order valence-electron chi connectivity index (χ0n) is 15.9. The lowest BCUT2D eigenvalue weighted by Crippen LogP contribution is -2.31. The molecule has 28 heavy (non-hydrogen) atoms. The molecule has 3 rings (SSSR count). The van der Waals surface area contributed by atoms with Crippen molar-refractivity contribution in [2.24, 2.45) is 11.7 Å². The standard InChI is InChI=1S/C18H23N4O5P/c1-11-13(9-28(2,3)25)26-17(22-10-20-16(21-22)15(19)23)14(11)27-18(24)12-7-5-4-6-8-12/h4-8,10-11,13-14,17H,9H2,1-3H3,(H2,19,23)/t11-,13-,14-,17-/m1/s1. The second-order valence-corrected chi connectivity index (χ2v) is 10.8. The maximum atomic E-state index is 12.6. The average molecular weight is 406 g/mol. The molecule has 150 valence electrons. The lowest BCUT2D eigenvalue weighted by atomic mass is 10.0. The van der Waals surface area contributed by atoms with Crippen molar-refractivity contribution >= 4 is 19.0 Å². The SMILES string of the molecule is C[C@H]1[C@@H](OC(=O)c2ccccc2)[C@H](n2cnc(C(N)=O)n2)O[C@@H]1CP(C)(C)=O. The van der Waals surface area contributed by atoms with Gasteiger partial charge in [0.1, 0.15) is 6.33 Å². The zero-order chi connectivity index (χ0) is 20.5. The highest BCUT2D eigenvalue weighted by molar-refractivity contribution is 7.62. The first kappa shape index (κ1) is 20.2. The van der Waals surface area contributed by atoms with Crippen molar-refractivity contribution in [3.63, 3.8) is 0 Å². The van der Waals surface area contributed by atoms with Gasteiger partial charge in [0.2, 0.25) is 5.82 Å². The number of amides is 1. The maximum Gasteiger partial charge on any atom is 0.338 e. The summed E-state index contributed by atoms with van der Waals surface area (Å²) < 4.78 is 25.4. The second kappa shape index (κ2) is 7.85. The molecule has 0 unspecified atom stereocenters. The molecule has 0 bridgehead atoms. The van der Waals surface area contributed by atoms with E-state index in [0.29, 0.717) is 11.7 Å². The van der Waals surface area contributed by atoms with Crippen LogP contribution < -0.4 is 5.73 Å². The number of nitrogens with two attached hydrogens (primary N) is 1. The number of carbonyl (C=O) groups is 2. The molecule has 1 fully saturated rings. The van der Waals surface area contributed by atoms with Crippen LogP contribution in [0.2, 0.25) is 0 Å². The summed E-state index contributed by atoms with van der Waals surface area (Å²) in [6.45, 7) is 5.24. The molecule has 1 saturated heterocycles. The van der Waals surface area contributed by atoms with Crippen molar-refractivity contribution in [1.82, 2.24) is 14.8 Å². The molecule has 0 spiro atoms. The number of nitrogens with zero attached hydrogens (tertiary/aromatic N) is 3. The van der Waals surface area contributed by atoms with Gasteiger partial charge in [0.05, 0.1) is 18.8 Å². The van der Waals surface area contributed by atoms with E-state index in [9.17, 15) is 14.2 Å². The minimum atomic E-state index is -2.38.